The first-order chi connectivity index (χ1) is 12.8. The summed E-state index contributed by atoms with van der Waals surface area (Å²) in [5.74, 6) is -0.372. The van der Waals surface area contributed by atoms with Crippen LogP contribution in [-0.2, 0) is 13.1 Å². The van der Waals surface area contributed by atoms with Gasteiger partial charge < -0.3 is 9.88 Å². The van der Waals surface area contributed by atoms with E-state index in [0.29, 0.717) is 30.7 Å². The van der Waals surface area contributed by atoms with Crippen molar-refractivity contribution >= 4 is 16.9 Å². The molecule has 7 heteroatoms. The maximum absolute atomic E-state index is 12.8. The van der Waals surface area contributed by atoms with Crippen molar-refractivity contribution in [3.8, 4) is 0 Å². The number of nitrogens with one attached hydrogen (secondary N) is 1. The zero-order valence-corrected chi connectivity index (χ0v) is 16.5. The van der Waals surface area contributed by atoms with Crippen LogP contribution in [0.5, 0.6) is 0 Å². The van der Waals surface area contributed by atoms with Crippen LogP contribution in [0.2, 0.25) is 0 Å². The lowest BCUT2D eigenvalue weighted by Crippen LogP contribution is -2.32. The van der Waals surface area contributed by atoms with E-state index < -0.39 is 0 Å². The Labute approximate surface area is 158 Å². The first kappa shape index (κ1) is 18.8. The maximum Gasteiger partial charge on any atom is 0.256 e. The summed E-state index contributed by atoms with van der Waals surface area (Å²) in [4.78, 5) is 29.8. The molecule has 3 aromatic rings. The fourth-order valence-corrected chi connectivity index (χ4v) is 3.14. The average Bonchev–Trinajstić information content (AvgIpc) is 2.89. The van der Waals surface area contributed by atoms with Crippen LogP contribution in [-0.4, -0.2) is 31.8 Å². The van der Waals surface area contributed by atoms with E-state index in [-0.39, 0.29) is 16.9 Å². The van der Waals surface area contributed by atoms with Gasteiger partial charge in [0.05, 0.1) is 17.6 Å². The second kappa shape index (κ2) is 7.34. The van der Waals surface area contributed by atoms with E-state index in [1.54, 1.807) is 18.3 Å². The molecule has 0 saturated carbocycles. The van der Waals surface area contributed by atoms with Crippen molar-refractivity contribution in [1.82, 2.24) is 24.6 Å². The van der Waals surface area contributed by atoms with Crippen LogP contribution in [0.25, 0.3) is 11.0 Å². The molecule has 0 bridgehead atoms. The second-order valence-corrected chi connectivity index (χ2v) is 6.76. The van der Waals surface area contributed by atoms with E-state index in [4.69, 9.17) is 0 Å². The van der Waals surface area contributed by atoms with Crippen molar-refractivity contribution in [1.29, 1.82) is 0 Å². The van der Waals surface area contributed by atoms with Crippen molar-refractivity contribution in [2.45, 2.75) is 47.7 Å². The number of carbonyl (C=O) groups excluding carboxylic acids is 1. The lowest BCUT2D eigenvalue weighted by Gasteiger charge is -2.12. The van der Waals surface area contributed by atoms with Gasteiger partial charge in [-0.3, -0.25) is 14.3 Å². The number of pyridine rings is 2. The van der Waals surface area contributed by atoms with Crippen LogP contribution < -0.4 is 10.7 Å². The van der Waals surface area contributed by atoms with E-state index in [1.165, 1.54) is 0 Å². The van der Waals surface area contributed by atoms with Crippen molar-refractivity contribution in [3.63, 3.8) is 0 Å². The summed E-state index contributed by atoms with van der Waals surface area (Å²) in [6.45, 7) is 11.4. The molecule has 1 N–H and O–H groups in total. The summed E-state index contributed by atoms with van der Waals surface area (Å²) in [5.41, 5.74) is 4.52. The fraction of sp³-hybridized carbons (Fsp3) is 0.400. The van der Waals surface area contributed by atoms with Gasteiger partial charge in [-0.1, -0.05) is 0 Å². The monoisotopic (exact) mass is 367 g/mol. The van der Waals surface area contributed by atoms with Crippen LogP contribution in [0.15, 0.2) is 23.1 Å². The third kappa shape index (κ3) is 3.49. The standard InChI is InChI=1S/C20H25N5O2/c1-6-24-11-17(18(26)16-8-7-12(2)22-19(16)24)20(27)21-9-10-25-15(5)13(3)14(4)23-25/h7-8,11H,6,9-10H2,1-5H3,(H,21,27). The number of carbonyl (C=O) groups is 1. The normalized spacial score (nSPS) is 11.1. The molecule has 0 fully saturated rings. The number of amides is 1. The molecule has 0 aliphatic rings. The lowest BCUT2D eigenvalue weighted by molar-refractivity contribution is 0.0950. The lowest BCUT2D eigenvalue weighted by atomic mass is 10.1. The van der Waals surface area contributed by atoms with Gasteiger partial charge in [0, 0.05) is 30.7 Å². The Balaban J connectivity index is 1.83. The molecule has 142 valence electrons. The minimum Gasteiger partial charge on any atom is -0.350 e. The summed E-state index contributed by atoms with van der Waals surface area (Å²) >= 11 is 0. The molecule has 0 aliphatic carbocycles. The highest BCUT2D eigenvalue weighted by molar-refractivity contribution is 5.96. The molecular weight excluding hydrogens is 342 g/mol. The van der Waals surface area contributed by atoms with Crippen LogP contribution in [0.1, 0.15) is 39.9 Å². The molecule has 0 saturated heterocycles. The Morgan fingerprint density at radius 2 is 1.93 bits per heavy atom. The highest BCUT2D eigenvalue weighted by Gasteiger charge is 2.16. The van der Waals surface area contributed by atoms with E-state index >= 15 is 0 Å². The predicted molar refractivity (Wildman–Crippen MR) is 105 cm³/mol. The van der Waals surface area contributed by atoms with Crippen molar-refractivity contribution < 1.29 is 4.79 Å². The van der Waals surface area contributed by atoms with Crippen molar-refractivity contribution in [2.24, 2.45) is 0 Å². The Morgan fingerprint density at radius 1 is 1.19 bits per heavy atom. The van der Waals surface area contributed by atoms with E-state index in [0.717, 1.165) is 22.6 Å². The third-order valence-electron chi connectivity index (χ3n) is 5.00. The highest BCUT2D eigenvalue weighted by Crippen LogP contribution is 2.12. The van der Waals surface area contributed by atoms with Crippen LogP contribution in [0.3, 0.4) is 0 Å². The van der Waals surface area contributed by atoms with Crippen LogP contribution in [0, 0.1) is 27.7 Å². The van der Waals surface area contributed by atoms with Crippen molar-refractivity contribution in [3.05, 3.63) is 56.8 Å². The summed E-state index contributed by atoms with van der Waals surface area (Å²) in [7, 11) is 0. The maximum atomic E-state index is 12.8. The molecule has 7 nitrogen and oxygen atoms in total. The van der Waals surface area contributed by atoms with Gasteiger partial charge in [-0.2, -0.15) is 5.10 Å². The summed E-state index contributed by atoms with van der Waals surface area (Å²) in [6.07, 6.45) is 1.60. The van der Waals surface area contributed by atoms with Gasteiger partial charge in [0.1, 0.15) is 11.2 Å². The smallest absolute Gasteiger partial charge is 0.256 e. The number of hydrogen-bond donors (Lipinski definition) is 1. The van der Waals surface area contributed by atoms with Gasteiger partial charge in [-0.05, 0) is 52.3 Å². The highest BCUT2D eigenvalue weighted by atomic mass is 16.2. The minimum absolute atomic E-state index is 0.138. The van der Waals surface area contributed by atoms with E-state index in [2.05, 4.69) is 15.4 Å². The summed E-state index contributed by atoms with van der Waals surface area (Å²) in [5, 5.41) is 7.77. The van der Waals surface area contributed by atoms with Gasteiger partial charge in [-0.25, -0.2) is 4.98 Å². The number of aromatic nitrogens is 4. The molecule has 3 rings (SSSR count). The van der Waals surface area contributed by atoms with Gasteiger partial charge in [0.15, 0.2) is 0 Å². The van der Waals surface area contributed by atoms with E-state index in [1.807, 2.05) is 43.9 Å². The molecule has 0 atom stereocenters. The minimum atomic E-state index is -0.372. The summed E-state index contributed by atoms with van der Waals surface area (Å²) < 4.78 is 3.71. The molecule has 3 aromatic heterocycles. The summed E-state index contributed by atoms with van der Waals surface area (Å²) in [6, 6.07) is 3.53. The topological polar surface area (TPSA) is 81.8 Å². The van der Waals surface area contributed by atoms with Crippen LogP contribution >= 0.6 is 0 Å². The molecular formula is C20H25N5O2. The number of fused-ring (bicyclic) bond motifs is 1. The third-order valence-corrected chi connectivity index (χ3v) is 5.00. The molecule has 0 radical (unpaired) electrons. The molecule has 0 aromatic carbocycles. The molecule has 0 spiro atoms. The average molecular weight is 367 g/mol. The van der Waals surface area contributed by atoms with Gasteiger partial charge in [0.2, 0.25) is 5.43 Å². The molecule has 0 unspecified atom stereocenters. The van der Waals surface area contributed by atoms with E-state index in [9.17, 15) is 9.59 Å². The first-order valence-corrected chi connectivity index (χ1v) is 9.13. The quantitative estimate of drug-likeness (QED) is 0.750. The van der Waals surface area contributed by atoms with Crippen molar-refractivity contribution in [2.75, 3.05) is 6.54 Å². The number of rotatable bonds is 5. The number of aryl methyl sites for hydroxylation is 3. The van der Waals surface area contributed by atoms with Crippen LogP contribution in [0.4, 0.5) is 0 Å². The Morgan fingerprint density at radius 3 is 2.56 bits per heavy atom. The molecule has 3 heterocycles. The zero-order valence-electron chi connectivity index (χ0n) is 16.5. The molecule has 1 amide bonds. The van der Waals surface area contributed by atoms with Gasteiger partial charge >= 0.3 is 0 Å². The Bertz CT molecular complexity index is 1080. The first-order valence-electron chi connectivity index (χ1n) is 9.13. The molecule has 27 heavy (non-hydrogen) atoms. The van der Waals surface area contributed by atoms with Gasteiger partial charge in [-0.15, -0.1) is 0 Å². The molecule has 0 aliphatic heterocycles. The Hall–Kier alpha value is -2.96. The Kier molecular flexibility index (Phi) is 5.12. The number of hydrogen-bond acceptors (Lipinski definition) is 4. The second-order valence-electron chi connectivity index (χ2n) is 6.76. The fourth-order valence-electron chi connectivity index (χ4n) is 3.14. The zero-order chi connectivity index (χ0) is 19.7. The number of nitrogens with zero attached hydrogens (tertiary/aromatic N) is 4. The SMILES string of the molecule is CCn1cc(C(=O)NCCn2nc(C)c(C)c2C)c(=O)c2ccc(C)nc21. The largest absolute Gasteiger partial charge is 0.350 e. The van der Waals surface area contributed by atoms with Gasteiger partial charge in [0.25, 0.3) is 5.91 Å². The predicted octanol–water partition coefficient (Wildman–Crippen LogP) is 2.28.